The first-order valence-corrected chi connectivity index (χ1v) is 6.72. The fraction of sp³-hybridized carbons (Fsp3) is 0.0714. The molecule has 0 aliphatic rings. The number of amides is 1. The van der Waals surface area contributed by atoms with Gasteiger partial charge in [-0.3, -0.25) is 14.9 Å². The Morgan fingerprint density at radius 2 is 1.90 bits per heavy atom. The van der Waals surface area contributed by atoms with Crippen LogP contribution >= 0.6 is 15.9 Å². The fourth-order valence-corrected chi connectivity index (χ4v) is 2.17. The lowest BCUT2D eigenvalue weighted by atomic mass is 10.2. The number of nitro groups is 1. The van der Waals surface area contributed by atoms with Crippen molar-refractivity contribution in [1.29, 1.82) is 0 Å². The van der Waals surface area contributed by atoms with E-state index in [-0.39, 0.29) is 17.8 Å². The summed E-state index contributed by atoms with van der Waals surface area (Å²) in [4.78, 5) is 21.9. The van der Waals surface area contributed by atoms with Gasteiger partial charge in [-0.2, -0.15) is 0 Å². The summed E-state index contributed by atoms with van der Waals surface area (Å²) in [5.74, 6) is -0.932. The van der Waals surface area contributed by atoms with Crippen LogP contribution in [0.15, 0.2) is 46.9 Å². The van der Waals surface area contributed by atoms with Crippen molar-refractivity contribution in [2.75, 3.05) is 0 Å². The first-order valence-electron chi connectivity index (χ1n) is 5.93. The van der Waals surface area contributed by atoms with E-state index in [2.05, 4.69) is 21.2 Å². The Balaban J connectivity index is 2.02. The van der Waals surface area contributed by atoms with E-state index in [0.717, 1.165) is 6.07 Å². The number of hydrogen-bond acceptors (Lipinski definition) is 3. The molecule has 0 radical (unpaired) electrons. The van der Waals surface area contributed by atoms with Gasteiger partial charge in [-0.05, 0) is 23.8 Å². The van der Waals surface area contributed by atoms with Crippen molar-refractivity contribution in [3.05, 3.63) is 74.0 Å². The van der Waals surface area contributed by atoms with E-state index in [1.165, 1.54) is 24.3 Å². The predicted molar refractivity (Wildman–Crippen MR) is 78.4 cm³/mol. The first kappa shape index (κ1) is 15.1. The van der Waals surface area contributed by atoms with Gasteiger partial charge in [-0.1, -0.05) is 28.1 Å². The predicted octanol–water partition coefficient (Wildman–Crippen LogP) is 3.43. The standard InChI is InChI=1S/C14H10BrFN2O3/c15-11-5-10(6-12(16)7-11)14(19)17-8-9-1-3-13(4-2-9)18(20)21/h1-7H,8H2,(H,17,19). The molecule has 0 fully saturated rings. The maximum Gasteiger partial charge on any atom is 0.269 e. The van der Waals surface area contributed by atoms with Gasteiger partial charge < -0.3 is 5.32 Å². The van der Waals surface area contributed by atoms with Gasteiger partial charge in [0.15, 0.2) is 0 Å². The molecule has 0 atom stereocenters. The van der Waals surface area contributed by atoms with Crippen molar-refractivity contribution < 1.29 is 14.1 Å². The van der Waals surface area contributed by atoms with Crippen molar-refractivity contribution in [2.24, 2.45) is 0 Å². The monoisotopic (exact) mass is 352 g/mol. The molecule has 0 aliphatic carbocycles. The van der Waals surface area contributed by atoms with E-state index in [4.69, 9.17) is 0 Å². The second-order valence-corrected chi connectivity index (χ2v) is 5.18. The van der Waals surface area contributed by atoms with Crippen LogP contribution in [0.3, 0.4) is 0 Å². The van der Waals surface area contributed by atoms with Crippen LogP contribution in [-0.4, -0.2) is 10.8 Å². The minimum absolute atomic E-state index is 0.0147. The molecule has 2 aromatic rings. The lowest BCUT2D eigenvalue weighted by Crippen LogP contribution is -2.22. The van der Waals surface area contributed by atoms with E-state index in [0.29, 0.717) is 10.0 Å². The number of nitrogens with one attached hydrogen (secondary N) is 1. The van der Waals surface area contributed by atoms with Gasteiger partial charge in [0.05, 0.1) is 4.92 Å². The Labute approximate surface area is 128 Å². The van der Waals surface area contributed by atoms with E-state index in [1.807, 2.05) is 0 Å². The molecule has 108 valence electrons. The lowest BCUT2D eigenvalue weighted by molar-refractivity contribution is -0.384. The molecule has 5 nitrogen and oxygen atoms in total. The summed E-state index contributed by atoms with van der Waals surface area (Å²) in [6, 6.07) is 9.73. The van der Waals surface area contributed by atoms with Gasteiger partial charge in [0.2, 0.25) is 0 Å². The van der Waals surface area contributed by atoms with E-state index in [1.54, 1.807) is 12.1 Å². The molecule has 0 saturated carbocycles. The topological polar surface area (TPSA) is 72.2 Å². The molecule has 7 heteroatoms. The zero-order valence-corrected chi connectivity index (χ0v) is 12.3. The smallest absolute Gasteiger partial charge is 0.269 e. The van der Waals surface area contributed by atoms with Crippen LogP contribution in [0.5, 0.6) is 0 Å². The van der Waals surface area contributed by atoms with Crippen LogP contribution in [0.1, 0.15) is 15.9 Å². The molecule has 0 unspecified atom stereocenters. The quantitative estimate of drug-likeness (QED) is 0.676. The number of hydrogen-bond donors (Lipinski definition) is 1. The molecule has 0 spiro atoms. The number of carbonyl (C=O) groups is 1. The van der Waals surface area contributed by atoms with Crippen LogP contribution in [0.4, 0.5) is 10.1 Å². The summed E-state index contributed by atoms with van der Waals surface area (Å²) in [5.41, 5.74) is 0.896. The maximum absolute atomic E-state index is 13.2. The van der Waals surface area contributed by atoms with Crippen molar-refractivity contribution in [3.63, 3.8) is 0 Å². The number of benzene rings is 2. The Bertz CT molecular complexity index is 669. The van der Waals surface area contributed by atoms with E-state index >= 15 is 0 Å². The lowest BCUT2D eigenvalue weighted by Gasteiger charge is -2.06. The maximum atomic E-state index is 13.2. The molecular weight excluding hydrogens is 343 g/mol. The second kappa shape index (κ2) is 6.45. The third-order valence-electron chi connectivity index (χ3n) is 2.72. The largest absolute Gasteiger partial charge is 0.348 e. The van der Waals surface area contributed by atoms with Gasteiger partial charge >= 0.3 is 0 Å². The fourth-order valence-electron chi connectivity index (χ4n) is 1.70. The molecule has 1 N–H and O–H groups in total. The molecule has 0 aromatic heterocycles. The van der Waals surface area contributed by atoms with Crippen molar-refractivity contribution in [3.8, 4) is 0 Å². The van der Waals surface area contributed by atoms with Crippen molar-refractivity contribution in [2.45, 2.75) is 6.54 Å². The Hall–Kier alpha value is -2.28. The molecule has 0 saturated heterocycles. The zero-order chi connectivity index (χ0) is 15.4. The number of carbonyl (C=O) groups excluding carboxylic acids is 1. The summed E-state index contributed by atoms with van der Waals surface area (Å²) in [7, 11) is 0. The van der Waals surface area contributed by atoms with Crippen LogP contribution < -0.4 is 5.32 Å². The molecule has 2 rings (SSSR count). The normalized spacial score (nSPS) is 10.2. The Kier molecular flexibility index (Phi) is 4.64. The third-order valence-corrected chi connectivity index (χ3v) is 3.18. The van der Waals surface area contributed by atoms with E-state index in [9.17, 15) is 19.3 Å². The number of nitro benzene ring substituents is 1. The summed E-state index contributed by atoms with van der Waals surface area (Å²) >= 11 is 3.11. The van der Waals surface area contributed by atoms with Gasteiger partial charge in [0.25, 0.3) is 11.6 Å². The van der Waals surface area contributed by atoms with E-state index < -0.39 is 16.6 Å². The highest BCUT2D eigenvalue weighted by Crippen LogP contribution is 2.15. The molecule has 21 heavy (non-hydrogen) atoms. The minimum Gasteiger partial charge on any atom is -0.348 e. The SMILES string of the molecule is O=C(NCc1ccc([N+](=O)[O-])cc1)c1cc(F)cc(Br)c1. The van der Waals surface area contributed by atoms with Crippen LogP contribution in [0.2, 0.25) is 0 Å². The molecule has 0 bridgehead atoms. The Morgan fingerprint density at radius 1 is 1.24 bits per heavy atom. The number of halogens is 2. The molecule has 1 amide bonds. The highest BCUT2D eigenvalue weighted by molar-refractivity contribution is 9.10. The minimum atomic E-state index is -0.509. The second-order valence-electron chi connectivity index (χ2n) is 4.26. The number of non-ortho nitro benzene ring substituents is 1. The molecule has 2 aromatic carbocycles. The third kappa shape index (κ3) is 4.09. The van der Waals surface area contributed by atoms with Crippen LogP contribution in [0.25, 0.3) is 0 Å². The van der Waals surface area contributed by atoms with Crippen molar-refractivity contribution >= 4 is 27.5 Å². The zero-order valence-electron chi connectivity index (χ0n) is 10.7. The summed E-state index contributed by atoms with van der Waals surface area (Å²) in [6.07, 6.45) is 0. The Morgan fingerprint density at radius 3 is 2.48 bits per heavy atom. The average molecular weight is 353 g/mol. The molecule has 0 aliphatic heterocycles. The van der Waals surface area contributed by atoms with Crippen LogP contribution in [0, 0.1) is 15.9 Å². The van der Waals surface area contributed by atoms with Crippen LogP contribution in [-0.2, 0) is 6.54 Å². The molecule has 0 heterocycles. The summed E-state index contributed by atoms with van der Waals surface area (Å²) in [5, 5.41) is 13.1. The van der Waals surface area contributed by atoms with Gasteiger partial charge in [0, 0.05) is 28.7 Å². The van der Waals surface area contributed by atoms with Gasteiger partial charge in [0.1, 0.15) is 5.82 Å². The summed E-state index contributed by atoms with van der Waals surface area (Å²) < 4.78 is 13.7. The summed E-state index contributed by atoms with van der Waals surface area (Å²) in [6.45, 7) is 0.199. The van der Waals surface area contributed by atoms with Gasteiger partial charge in [-0.15, -0.1) is 0 Å². The van der Waals surface area contributed by atoms with Crippen molar-refractivity contribution in [1.82, 2.24) is 5.32 Å². The van der Waals surface area contributed by atoms with Gasteiger partial charge in [-0.25, -0.2) is 4.39 Å². The average Bonchev–Trinajstić information content (AvgIpc) is 2.44. The number of nitrogens with zero attached hydrogens (tertiary/aromatic N) is 1. The first-order chi connectivity index (χ1) is 9.95. The highest BCUT2D eigenvalue weighted by atomic mass is 79.9. The molecular formula is C14H10BrFN2O3. The highest BCUT2D eigenvalue weighted by Gasteiger charge is 2.09. The number of rotatable bonds is 4.